The number of carbonyl (C=O) groups excluding carboxylic acids is 3. The second-order valence-corrected chi connectivity index (χ2v) is 8.93. The van der Waals surface area contributed by atoms with E-state index in [1.54, 1.807) is 62.4 Å². The maximum absolute atomic E-state index is 12.2. The first-order valence-corrected chi connectivity index (χ1v) is 12.0. The molecule has 2 amide bonds. The van der Waals surface area contributed by atoms with E-state index >= 15 is 0 Å². The van der Waals surface area contributed by atoms with Crippen molar-refractivity contribution >= 4 is 47.2 Å². The molecule has 0 radical (unpaired) electrons. The van der Waals surface area contributed by atoms with Crippen LogP contribution in [0.1, 0.15) is 36.9 Å². The molecule has 37 heavy (non-hydrogen) atoms. The molecule has 0 saturated heterocycles. The minimum absolute atomic E-state index is 0.226. The lowest BCUT2D eigenvalue weighted by atomic mass is 10.1. The zero-order chi connectivity index (χ0) is 26.9. The standard InChI is InChI=1S/C26H25Cl2N3O6/c1-15(2)35-26(34)18-6-4-5-17(11-18)22-10-8-20(37-22)13-30-31-24(32)14-29-25(33)16(3)36-23-9-7-19(27)12-21(23)28/h4-13,15-16H,14H2,1-3H3,(H,29,33)(H,31,32)/b30-13-/t16-/m0/s1. The summed E-state index contributed by atoms with van der Waals surface area (Å²) in [6.07, 6.45) is 0.188. The number of nitrogens with one attached hydrogen (secondary N) is 2. The van der Waals surface area contributed by atoms with Gasteiger partial charge in [-0.2, -0.15) is 5.10 Å². The molecular weight excluding hydrogens is 521 g/mol. The number of rotatable bonds is 10. The van der Waals surface area contributed by atoms with E-state index < -0.39 is 23.9 Å². The number of esters is 1. The summed E-state index contributed by atoms with van der Waals surface area (Å²) >= 11 is 11.9. The monoisotopic (exact) mass is 545 g/mol. The van der Waals surface area contributed by atoms with Gasteiger partial charge in [-0.3, -0.25) is 9.59 Å². The smallest absolute Gasteiger partial charge is 0.338 e. The molecule has 1 aromatic heterocycles. The van der Waals surface area contributed by atoms with Crippen LogP contribution in [-0.2, 0) is 14.3 Å². The summed E-state index contributed by atoms with van der Waals surface area (Å²) in [6, 6.07) is 14.9. The number of hydrogen-bond acceptors (Lipinski definition) is 7. The molecule has 9 nitrogen and oxygen atoms in total. The molecule has 2 N–H and O–H groups in total. The average Bonchev–Trinajstić information content (AvgIpc) is 3.33. The van der Waals surface area contributed by atoms with Gasteiger partial charge >= 0.3 is 5.97 Å². The van der Waals surface area contributed by atoms with Gasteiger partial charge in [0.2, 0.25) is 0 Å². The van der Waals surface area contributed by atoms with Crippen molar-refractivity contribution in [2.75, 3.05) is 6.54 Å². The lowest BCUT2D eigenvalue weighted by molar-refractivity contribution is -0.130. The lowest BCUT2D eigenvalue weighted by Gasteiger charge is -2.15. The van der Waals surface area contributed by atoms with Crippen LogP contribution in [0.4, 0.5) is 0 Å². The van der Waals surface area contributed by atoms with Gasteiger partial charge in [-0.1, -0.05) is 35.3 Å². The highest BCUT2D eigenvalue weighted by Gasteiger charge is 2.17. The van der Waals surface area contributed by atoms with Gasteiger partial charge in [0.1, 0.15) is 17.3 Å². The first-order chi connectivity index (χ1) is 17.6. The number of hydrogen-bond donors (Lipinski definition) is 2. The van der Waals surface area contributed by atoms with Crippen molar-refractivity contribution in [2.24, 2.45) is 5.10 Å². The van der Waals surface area contributed by atoms with Gasteiger partial charge in [0.25, 0.3) is 11.8 Å². The third-order valence-electron chi connectivity index (χ3n) is 4.72. The summed E-state index contributed by atoms with van der Waals surface area (Å²) in [6.45, 7) is 4.76. The third-order valence-corrected chi connectivity index (χ3v) is 5.25. The van der Waals surface area contributed by atoms with E-state index in [4.69, 9.17) is 37.1 Å². The number of ether oxygens (including phenoxy) is 2. The van der Waals surface area contributed by atoms with Crippen molar-refractivity contribution in [2.45, 2.75) is 33.0 Å². The number of hydrazone groups is 1. The van der Waals surface area contributed by atoms with Crippen LogP contribution >= 0.6 is 23.2 Å². The molecule has 0 spiro atoms. The molecule has 0 fully saturated rings. The highest BCUT2D eigenvalue weighted by molar-refractivity contribution is 6.35. The fourth-order valence-corrected chi connectivity index (χ4v) is 3.45. The summed E-state index contributed by atoms with van der Waals surface area (Å²) in [5, 5.41) is 6.99. The number of benzene rings is 2. The second kappa shape index (κ2) is 12.9. The Morgan fingerprint density at radius 1 is 1.05 bits per heavy atom. The molecule has 0 aliphatic rings. The molecule has 3 rings (SSSR count). The van der Waals surface area contributed by atoms with Crippen molar-refractivity contribution in [1.82, 2.24) is 10.7 Å². The summed E-state index contributed by atoms with van der Waals surface area (Å²) < 4.78 is 16.4. The third kappa shape index (κ3) is 8.37. The lowest BCUT2D eigenvalue weighted by Crippen LogP contribution is -2.41. The summed E-state index contributed by atoms with van der Waals surface area (Å²) in [5.41, 5.74) is 3.39. The number of halogens is 2. The van der Waals surface area contributed by atoms with E-state index in [0.717, 1.165) is 0 Å². The summed E-state index contributed by atoms with van der Waals surface area (Å²) in [4.78, 5) is 36.4. The number of nitrogens with zero attached hydrogens (tertiary/aromatic N) is 1. The SMILES string of the molecule is CC(C)OC(=O)c1cccc(-c2ccc(/C=N\NC(=O)CNC(=O)[C@H](C)Oc3ccc(Cl)cc3Cl)o2)c1. The van der Waals surface area contributed by atoms with Crippen LogP contribution < -0.4 is 15.5 Å². The Labute approximate surface area is 223 Å². The van der Waals surface area contributed by atoms with Crippen LogP contribution in [0.3, 0.4) is 0 Å². The molecule has 0 bridgehead atoms. The molecule has 1 atom stereocenters. The van der Waals surface area contributed by atoms with Crippen molar-refractivity contribution in [1.29, 1.82) is 0 Å². The number of furan rings is 1. The predicted octanol–water partition coefficient (Wildman–Crippen LogP) is 4.85. The van der Waals surface area contributed by atoms with Crippen molar-refractivity contribution < 1.29 is 28.3 Å². The second-order valence-electron chi connectivity index (χ2n) is 8.08. The number of carbonyl (C=O) groups is 3. The Bertz CT molecular complexity index is 1300. The molecular formula is C26H25Cl2N3O6. The van der Waals surface area contributed by atoms with Gasteiger partial charge < -0.3 is 19.2 Å². The molecule has 0 saturated carbocycles. The van der Waals surface area contributed by atoms with Crippen LogP contribution in [-0.4, -0.2) is 42.8 Å². The largest absolute Gasteiger partial charge is 0.479 e. The Morgan fingerprint density at radius 2 is 1.84 bits per heavy atom. The number of amides is 2. The van der Waals surface area contributed by atoms with Gasteiger partial charge in [0.15, 0.2) is 6.10 Å². The van der Waals surface area contributed by atoms with E-state index in [9.17, 15) is 14.4 Å². The highest BCUT2D eigenvalue weighted by Crippen LogP contribution is 2.28. The summed E-state index contributed by atoms with van der Waals surface area (Å²) in [7, 11) is 0. The predicted molar refractivity (Wildman–Crippen MR) is 140 cm³/mol. The van der Waals surface area contributed by atoms with Crippen molar-refractivity contribution in [3.05, 3.63) is 76.0 Å². The van der Waals surface area contributed by atoms with Crippen LogP contribution in [0.5, 0.6) is 5.75 Å². The first-order valence-electron chi connectivity index (χ1n) is 11.2. The zero-order valence-electron chi connectivity index (χ0n) is 20.3. The van der Waals surface area contributed by atoms with E-state index in [0.29, 0.717) is 33.4 Å². The normalized spacial score (nSPS) is 11.8. The highest BCUT2D eigenvalue weighted by atomic mass is 35.5. The van der Waals surface area contributed by atoms with Crippen LogP contribution in [0.2, 0.25) is 10.0 Å². The zero-order valence-corrected chi connectivity index (χ0v) is 21.8. The maximum atomic E-state index is 12.2. The van der Waals surface area contributed by atoms with Gasteiger partial charge in [0, 0.05) is 10.6 Å². The van der Waals surface area contributed by atoms with Gasteiger partial charge in [-0.05, 0) is 63.2 Å². The molecule has 1 heterocycles. The van der Waals surface area contributed by atoms with Gasteiger partial charge in [-0.15, -0.1) is 0 Å². The fraction of sp³-hybridized carbons (Fsp3) is 0.231. The molecule has 2 aromatic carbocycles. The van der Waals surface area contributed by atoms with Crippen molar-refractivity contribution in [3.8, 4) is 17.1 Å². The quantitative estimate of drug-likeness (QED) is 0.213. The Balaban J connectivity index is 1.48. The van der Waals surface area contributed by atoms with E-state index in [-0.39, 0.29) is 17.7 Å². The van der Waals surface area contributed by atoms with Gasteiger partial charge in [-0.25, -0.2) is 10.2 Å². The Hall–Kier alpha value is -3.82. The molecule has 0 aliphatic heterocycles. The Kier molecular flexibility index (Phi) is 9.71. The van der Waals surface area contributed by atoms with Crippen molar-refractivity contribution in [3.63, 3.8) is 0 Å². The molecule has 3 aromatic rings. The Morgan fingerprint density at radius 3 is 2.57 bits per heavy atom. The van der Waals surface area contributed by atoms with Gasteiger partial charge in [0.05, 0.1) is 29.4 Å². The fourth-order valence-electron chi connectivity index (χ4n) is 2.99. The average molecular weight is 546 g/mol. The molecule has 11 heteroatoms. The molecule has 0 unspecified atom stereocenters. The van der Waals surface area contributed by atoms with Crippen LogP contribution in [0, 0.1) is 0 Å². The topological polar surface area (TPSA) is 119 Å². The van der Waals surface area contributed by atoms with E-state index in [1.165, 1.54) is 19.2 Å². The maximum Gasteiger partial charge on any atom is 0.338 e. The summed E-state index contributed by atoms with van der Waals surface area (Å²) in [5.74, 6) is -0.312. The van der Waals surface area contributed by atoms with Crippen LogP contribution in [0.25, 0.3) is 11.3 Å². The first kappa shape index (κ1) is 27.8. The molecule has 0 aliphatic carbocycles. The minimum atomic E-state index is -0.901. The van der Waals surface area contributed by atoms with E-state index in [1.807, 2.05) is 0 Å². The molecule has 194 valence electrons. The van der Waals surface area contributed by atoms with Crippen LogP contribution in [0.15, 0.2) is 64.1 Å². The minimum Gasteiger partial charge on any atom is -0.479 e. The van der Waals surface area contributed by atoms with E-state index in [2.05, 4.69) is 15.8 Å².